The average molecular weight is 295 g/mol. The molecular formula is C13H14FN3O2S. The molecule has 1 rings (SSSR count). The van der Waals surface area contributed by atoms with Crippen LogP contribution in [0.4, 0.5) is 10.1 Å². The van der Waals surface area contributed by atoms with E-state index in [1.54, 1.807) is 13.0 Å². The molecule has 0 aliphatic carbocycles. The van der Waals surface area contributed by atoms with Crippen LogP contribution in [0.1, 0.15) is 18.9 Å². The van der Waals surface area contributed by atoms with Crippen LogP contribution in [0.5, 0.6) is 0 Å². The fourth-order valence-corrected chi connectivity index (χ4v) is 2.66. The molecule has 1 atom stereocenters. The van der Waals surface area contributed by atoms with Crippen molar-refractivity contribution < 1.29 is 12.8 Å². The molecule has 0 saturated heterocycles. The van der Waals surface area contributed by atoms with Crippen molar-refractivity contribution >= 4 is 15.7 Å². The molecule has 0 spiro atoms. The van der Waals surface area contributed by atoms with E-state index in [2.05, 4.69) is 16.6 Å². The summed E-state index contributed by atoms with van der Waals surface area (Å²) in [5.41, 5.74) is 5.53. The third kappa shape index (κ3) is 3.95. The van der Waals surface area contributed by atoms with Crippen LogP contribution in [0.25, 0.3) is 0 Å². The van der Waals surface area contributed by atoms with E-state index < -0.39 is 21.1 Å². The second-order valence-corrected chi connectivity index (χ2v) is 5.73. The van der Waals surface area contributed by atoms with Crippen molar-refractivity contribution in [1.82, 2.24) is 0 Å². The van der Waals surface area contributed by atoms with Crippen LogP contribution in [0, 0.1) is 29.0 Å². The molecular weight excluding hydrogens is 281 g/mol. The van der Waals surface area contributed by atoms with Gasteiger partial charge in [0.25, 0.3) is 0 Å². The predicted octanol–water partition coefficient (Wildman–Crippen LogP) is 1.18. The maximum absolute atomic E-state index is 13.2. The van der Waals surface area contributed by atoms with E-state index >= 15 is 0 Å². The van der Waals surface area contributed by atoms with Gasteiger partial charge in [-0.3, -0.25) is 4.72 Å². The smallest absolute Gasteiger partial charge is 0.249 e. The number of benzene rings is 1. The third-order valence-corrected chi connectivity index (χ3v) is 4.14. The molecule has 0 aliphatic heterocycles. The van der Waals surface area contributed by atoms with Crippen LogP contribution in [-0.4, -0.2) is 20.2 Å². The third-order valence-electron chi connectivity index (χ3n) is 2.45. The van der Waals surface area contributed by atoms with E-state index in [4.69, 9.17) is 11.0 Å². The SMILES string of the molecule is CCC(C#N)S(=O)(=O)Nc1ccc(F)cc1C#CCN. The molecule has 0 amide bonds. The summed E-state index contributed by atoms with van der Waals surface area (Å²) in [6, 6.07) is 5.18. The Balaban J connectivity index is 3.19. The first-order valence-corrected chi connectivity index (χ1v) is 7.39. The molecule has 5 nitrogen and oxygen atoms in total. The number of hydrogen-bond donors (Lipinski definition) is 2. The normalized spacial score (nSPS) is 11.9. The summed E-state index contributed by atoms with van der Waals surface area (Å²) in [4.78, 5) is 0. The fraction of sp³-hybridized carbons (Fsp3) is 0.308. The number of nitrogens with two attached hydrogens (primary N) is 1. The average Bonchev–Trinajstić information content (AvgIpc) is 2.39. The monoisotopic (exact) mass is 295 g/mol. The number of hydrogen-bond acceptors (Lipinski definition) is 4. The highest BCUT2D eigenvalue weighted by Gasteiger charge is 2.24. The van der Waals surface area contributed by atoms with Gasteiger partial charge in [-0.1, -0.05) is 18.8 Å². The van der Waals surface area contributed by atoms with Crippen LogP contribution in [0.2, 0.25) is 0 Å². The second kappa shape index (κ2) is 6.90. The number of sulfonamides is 1. The van der Waals surface area contributed by atoms with E-state index in [0.717, 1.165) is 12.1 Å². The summed E-state index contributed by atoms with van der Waals surface area (Å²) in [7, 11) is -3.87. The highest BCUT2D eigenvalue weighted by Crippen LogP contribution is 2.19. The molecule has 1 unspecified atom stereocenters. The summed E-state index contributed by atoms with van der Waals surface area (Å²) >= 11 is 0. The Kier molecular flexibility index (Phi) is 5.51. The van der Waals surface area contributed by atoms with Crippen molar-refractivity contribution in [3.05, 3.63) is 29.6 Å². The molecule has 106 valence electrons. The second-order valence-electron chi connectivity index (χ2n) is 3.87. The number of nitrogens with zero attached hydrogens (tertiary/aromatic N) is 1. The van der Waals surface area contributed by atoms with E-state index in [0.29, 0.717) is 0 Å². The van der Waals surface area contributed by atoms with Gasteiger partial charge in [0.2, 0.25) is 10.0 Å². The van der Waals surface area contributed by atoms with Crippen molar-refractivity contribution in [1.29, 1.82) is 5.26 Å². The highest BCUT2D eigenvalue weighted by molar-refractivity contribution is 7.93. The minimum atomic E-state index is -3.87. The maximum Gasteiger partial charge on any atom is 0.249 e. The lowest BCUT2D eigenvalue weighted by Crippen LogP contribution is -2.26. The van der Waals surface area contributed by atoms with Gasteiger partial charge >= 0.3 is 0 Å². The quantitative estimate of drug-likeness (QED) is 0.815. The molecule has 20 heavy (non-hydrogen) atoms. The molecule has 0 fully saturated rings. The minimum Gasteiger partial charge on any atom is -0.320 e. The molecule has 0 aliphatic rings. The molecule has 0 radical (unpaired) electrons. The van der Waals surface area contributed by atoms with Crippen LogP contribution in [0.15, 0.2) is 18.2 Å². The standard InChI is InChI=1S/C13H14FN3O2S/c1-2-12(9-16)20(18,19)17-13-6-5-11(14)8-10(13)4-3-7-15/h5-6,8,12,17H,2,7,15H2,1H3. The Hall–Kier alpha value is -2.09. The van der Waals surface area contributed by atoms with Crippen molar-refractivity contribution in [3.8, 4) is 17.9 Å². The van der Waals surface area contributed by atoms with E-state index in [1.165, 1.54) is 6.07 Å². The van der Waals surface area contributed by atoms with E-state index in [-0.39, 0.29) is 24.2 Å². The first kappa shape index (κ1) is 16.0. The molecule has 1 aromatic carbocycles. The van der Waals surface area contributed by atoms with Crippen LogP contribution in [-0.2, 0) is 10.0 Å². The number of anilines is 1. The topological polar surface area (TPSA) is 96.0 Å². The van der Waals surface area contributed by atoms with Crippen LogP contribution >= 0.6 is 0 Å². The first-order chi connectivity index (χ1) is 9.44. The van der Waals surface area contributed by atoms with Gasteiger partial charge in [0, 0.05) is 0 Å². The highest BCUT2D eigenvalue weighted by atomic mass is 32.2. The molecule has 0 bridgehead atoms. The molecule has 0 saturated carbocycles. The Morgan fingerprint density at radius 3 is 2.75 bits per heavy atom. The first-order valence-electron chi connectivity index (χ1n) is 5.84. The summed E-state index contributed by atoms with van der Waals surface area (Å²) in [6.45, 7) is 1.66. The van der Waals surface area contributed by atoms with Crippen LogP contribution in [0.3, 0.4) is 0 Å². The molecule has 0 heterocycles. The number of nitriles is 1. The van der Waals surface area contributed by atoms with Crippen molar-refractivity contribution in [2.75, 3.05) is 11.3 Å². The predicted molar refractivity (Wildman–Crippen MR) is 74.6 cm³/mol. The van der Waals surface area contributed by atoms with Gasteiger partial charge in [-0.05, 0) is 24.6 Å². The molecule has 7 heteroatoms. The summed E-state index contributed by atoms with van der Waals surface area (Å²) in [5.74, 6) is 4.57. The largest absolute Gasteiger partial charge is 0.320 e. The van der Waals surface area contributed by atoms with Gasteiger partial charge in [0.1, 0.15) is 5.82 Å². The summed E-state index contributed by atoms with van der Waals surface area (Å²) < 4.78 is 39.4. The number of nitrogens with one attached hydrogen (secondary N) is 1. The van der Waals surface area contributed by atoms with E-state index in [9.17, 15) is 12.8 Å². The Morgan fingerprint density at radius 2 is 2.20 bits per heavy atom. The zero-order chi connectivity index (χ0) is 15.2. The summed E-state index contributed by atoms with van der Waals surface area (Å²) in [6.07, 6.45) is 0.150. The number of halogens is 1. The lowest BCUT2D eigenvalue weighted by molar-refractivity contribution is 0.592. The Labute approximate surface area is 117 Å². The van der Waals surface area contributed by atoms with Gasteiger partial charge in [0.05, 0.1) is 23.9 Å². The van der Waals surface area contributed by atoms with Gasteiger partial charge in [-0.2, -0.15) is 5.26 Å². The Morgan fingerprint density at radius 1 is 1.50 bits per heavy atom. The van der Waals surface area contributed by atoms with Gasteiger partial charge in [-0.25, -0.2) is 12.8 Å². The van der Waals surface area contributed by atoms with Gasteiger partial charge in [0.15, 0.2) is 5.25 Å². The van der Waals surface area contributed by atoms with Crippen LogP contribution < -0.4 is 10.5 Å². The number of rotatable bonds is 4. The Bertz CT molecular complexity index is 684. The van der Waals surface area contributed by atoms with Gasteiger partial charge in [-0.15, -0.1) is 0 Å². The van der Waals surface area contributed by atoms with E-state index in [1.807, 2.05) is 0 Å². The molecule has 1 aromatic rings. The van der Waals surface area contributed by atoms with Crippen molar-refractivity contribution in [2.45, 2.75) is 18.6 Å². The lowest BCUT2D eigenvalue weighted by atomic mass is 10.2. The zero-order valence-corrected chi connectivity index (χ0v) is 11.7. The van der Waals surface area contributed by atoms with Crippen molar-refractivity contribution in [3.63, 3.8) is 0 Å². The zero-order valence-electron chi connectivity index (χ0n) is 10.9. The minimum absolute atomic E-state index is 0.0679. The lowest BCUT2D eigenvalue weighted by Gasteiger charge is -2.12. The summed E-state index contributed by atoms with van der Waals surface area (Å²) in [5, 5.41) is 7.64. The maximum atomic E-state index is 13.2. The van der Waals surface area contributed by atoms with Crippen molar-refractivity contribution in [2.24, 2.45) is 5.73 Å². The van der Waals surface area contributed by atoms with Gasteiger partial charge < -0.3 is 5.73 Å². The molecule has 0 aromatic heterocycles. The molecule has 3 N–H and O–H groups in total. The fourth-order valence-electron chi connectivity index (χ4n) is 1.46.